The maximum atomic E-state index is 13.2. The van der Waals surface area contributed by atoms with Crippen molar-refractivity contribution >= 4 is 64.8 Å². The van der Waals surface area contributed by atoms with Gasteiger partial charge in [-0.1, -0.05) is 17.4 Å². The first kappa shape index (κ1) is 26.6. The average molecular weight is 573 g/mol. The fourth-order valence-corrected chi connectivity index (χ4v) is 8.25. The molecule has 1 atom stereocenters. The average Bonchev–Trinajstić information content (AvgIpc) is 3.48. The Bertz CT molecular complexity index is 1570. The van der Waals surface area contributed by atoms with E-state index in [4.69, 9.17) is 9.88 Å². The highest BCUT2D eigenvalue weighted by Crippen LogP contribution is 2.27. The molecular formula is C21H24N4O7S4. The number of thiazole rings is 1. The van der Waals surface area contributed by atoms with E-state index in [2.05, 4.69) is 4.99 Å². The highest BCUT2D eigenvalue weighted by Gasteiger charge is 2.34. The molecule has 1 unspecified atom stereocenters. The number of nitrogens with two attached hydrogens (primary N) is 1. The van der Waals surface area contributed by atoms with E-state index in [1.807, 2.05) is 0 Å². The lowest BCUT2D eigenvalue weighted by atomic mass is 9.99. The third-order valence-electron chi connectivity index (χ3n) is 5.60. The summed E-state index contributed by atoms with van der Waals surface area (Å²) in [5.74, 6) is -1.72. The van der Waals surface area contributed by atoms with Gasteiger partial charge in [-0.15, -0.1) is 11.3 Å². The summed E-state index contributed by atoms with van der Waals surface area (Å²) in [5.41, 5.74) is 0.484. The van der Waals surface area contributed by atoms with Crippen molar-refractivity contribution in [1.82, 2.24) is 8.87 Å². The van der Waals surface area contributed by atoms with Crippen LogP contribution >= 0.6 is 22.7 Å². The number of rotatable bonds is 7. The van der Waals surface area contributed by atoms with E-state index in [1.165, 1.54) is 33.1 Å². The molecule has 1 aliphatic rings. The minimum absolute atomic E-state index is 0.000896. The molecule has 1 aromatic carbocycles. The molecule has 0 radical (unpaired) electrons. The number of hydrogen-bond acceptors (Lipinski definition) is 9. The standard InChI is InChI=1S/C21H24N4O7S4/c1-2-32-18(26)13-25-16-8-7-15(35(22,28)29)11-17(16)34-21(25)23-20(27)14-5-3-9-24(12-14)36(30,31)19-6-4-10-33-19/h4,6-8,10-11,14H,2-3,5,9,12-13H2,1H3,(H2,22,28,29). The van der Waals surface area contributed by atoms with E-state index in [0.29, 0.717) is 29.6 Å². The van der Waals surface area contributed by atoms with Crippen molar-refractivity contribution in [3.63, 3.8) is 0 Å². The van der Waals surface area contributed by atoms with Gasteiger partial charge in [-0.05, 0) is 49.4 Å². The van der Waals surface area contributed by atoms with Crippen molar-refractivity contribution in [1.29, 1.82) is 0 Å². The summed E-state index contributed by atoms with van der Waals surface area (Å²) in [4.78, 5) is 29.7. The Hall–Kier alpha value is -2.43. The number of piperidine rings is 1. The van der Waals surface area contributed by atoms with Gasteiger partial charge in [-0.3, -0.25) is 9.59 Å². The molecule has 0 saturated carbocycles. The topological polar surface area (TPSA) is 158 Å². The highest BCUT2D eigenvalue weighted by atomic mass is 32.2. The van der Waals surface area contributed by atoms with E-state index in [-0.39, 0.29) is 33.6 Å². The Labute approximate surface area is 215 Å². The molecule has 2 N–H and O–H groups in total. The van der Waals surface area contributed by atoms with Gasteiger partial charge < -0.3 is 9.30 Å². The number of thiophene rings is 1. The van der Waals surface area contributed by atoms with Crippen LogP contribution in [0.4, 0.5) is 0 Å². The zero-order chi connectivity index (χ0) is 26.1. The number of aromatic nitrogens is 1. The summed E-state index contributed by atoms with van der Waals surface area (Å²) in [7, 11) is -7.66. The number of benzene rings is 1. The van der Waals surface area contributed by atoms with Gasteiger partial charge in [-0.2, -0.15) is 9.30 Å². The first-order valence-electron chi connectivity index (χ1n) is 10.9. The Kier molecular flexibility index (Phi) is 7.78. The van der Waals surface area contributed by atoms with Crippen LogP contribution in [0.3, 0.4) is 0 Å². The fraction of sp³-hybridized carbons (Fsp3) is 0.381. The first-order chi connectivity index (χ1) is 17.0. The Morgan fingerprint density at radius 1 is 1.22 bits per heavy atom. The smallest absolute Gasteiger partial charge is 0.326 e. The third kappa shape index (κ3) is 5.60. The largest absolute Gasteiger partial charge is 0.465 e. The van der Waals surface area contributed by atoms with Crippen LogP contribution in [0.5, 0.6) is 0 Å². The van der Waals surface area contributed by atoms with Crippen molar-refractivity contribution in [3.8, 4) is 0 Å². The van der Waals surface area contributed by atoms with Crippen molar-refractivity contribution in [2.45, 2.75) is 35.4 Å². The van der Waals surface area contributed by atoms with Gasteiger partial charge in [0.05, 0.1) is 27.6 Å². The van der Waals surface area contributed by atoms with Crippen LogP contribution in [0, 0.1) is 5.92 Å². The van der Waals surface area contributed by atoms with Gasteiger partial charge in [0, 0.05) is 13.1 Å². The molecule has 1 aliphatic heterocycles. The van der Waals surface area contributed by atoms with Crippen LogP contribution in [0.1, 0.15) is 19.8 Å². The maximum Gasteiger partial charge on any atom is 0.326 e. The number of sulfonamides is 2. The van der Waals surface area contributed by atoms with Crippen molar-refractivity contribution < 1.29 is 31.2 Å². The number of carbonyl (C=O) groups excluding carboxylic acids is 2. The van der Waals surface area contributed by atoms with Gasteiger partial charge in [0.15, 0.2) is 4.80 Å². The molecular weight excluding hydrogens is 549 g/mol. The van der Waals surface area contributed by atoms with E-state index in [1.54, 1.807) is 18.4 Å². The molecule has 1 amide bonds. The molecule has 36 heavy (non-hydrogen) atoms. The van der Waals surface area contributed by atoms with Crippen LogP contribution in [0.2, 0.25) is 0 Å². The second-order valence-electron chi connectivity index (χ2n) is 8.03. The number of esters is 1. The predicted molar refractivity (Wildman–Crippen MR) is 134 cm³/mol. The van der Waals surface area contributed by atoms with Crippen LogP contribution < -0.4 is 9.94 Å². The molecule has 2 aromatic heterocycles. The molecule has 0 bridgehead atoms. The number of carbonyl (C=O) groups is 2. The SMILES string of the molecule is CCOC(=O)Cn1c(=NC(=O)C2CCCN(S(=O)(=O)c3cccs3)C2)sc2cc(S(N)(=O)=O)ccc21. The number of fused-ring (bicyclic) bond motifs is 1. The maximum absolute atomic E-state index is 13.2. The van der Waals surface area contributed by atoms with Gasteiger partial charge in [0.25, 0.3) is 15.9 Å². The van der Waals surface area contributed by atoms with E-state index < -0.39 is 37.8 Å². The molecule has 1 fully saturated rings. The monoisotopic (exact) mass is 572 g/mol. The Morgan fingerprint density at radius 3 is 2.67 bits per heavy atom. The van der Waals surface area contributed by atoms with E-state index in [0.717, 1.165) is 22.7 Å². The number of ether oxygens (including phenoxy) is 1. The summed E-state index contributed by atoms with van der Waals surface area (Å²) >= 11 is 2.15. The third-order valence-corrected chi connectivity index (χ3v) is 10.8. The van der Waals surface area contributed by atoms with Crippen molar-refractivity contribution in [2.75, 3.05) is 19.7 Å². The summed E-state index contributed by atoms with van der Waals surface area (Å²) < 4.78 is 57.9. The zero-order valence-electron chi connectivity index (χ0n) is 19.2. The minimum Gasteiger partial charge on any atom is -0.465 e. The number of hydrogen-bond donors (Lipinski definition) is 1. The highest BCUT2D eigenvalue weighted by molar-refractivity contribution is 7.91. The number of nitrogens with zero attached hydrogens (tertiary/aromatic N) is 3. The first-order valence-corrected chi connectivity index (χ1v) is 15.6. The Balaban J connectivity index is 1.70. The second-order valence-corrected chi connectivity index (χ2v) is 13.7. The molecule has 194 valence electrons. The summed E-state index contributed by atoms with van der Waals surface area (Å²) in [5, 5.41) is 6.92. The van der Waals surface area contributed by atoms with Crippen molar-refractivity contribution in [3.05, 3.63) is 40.5 Å². The van der Waals surface area contributed by atoms with Crippen LogP contribution in [-0.4, -0.2) is 57.3 Å². The van der Waals surface area contributed by atoms with Crippen LogP contribution in [0.15, 0.2) is 49.8 Å². The van der Waals surface area contributed by atoms with Gasteiger partial charge >= 0.3 is 5.97 Å². The van der Waals surface area contributed by atoms with Crippen LogP contribution in [-0.2, 0) is 40.9 Å². The normalized spacial score (nSPS) is 17.9. The van der Waals surface area contributed by atoms with E-state index >= 15 is 0 Å². The van der Waals surface area contributed by atoms with Crippen molar-refractivity contribution in [2.24, 2.45) is 16.0 Å². The summed E-state index contributed by atoms with van der Waals surface area (Å²) in [6, 6.07) is 7.35. The molecule has 15 heteroatoms. The molecule has 3 aromatic rings. The molecule has 1 saturated heterocycles. The molecule has 11 nitrogen and oxygen atoms in total. The lowest BCUT2D eigenvalue weighted by Gasteiger charge is -2.29. The Morgan fingerprint density at radius 2 is 2.00 bits per heavy atom. The molecule has 3 heterocycles. The zero-order valence-corrected chi connectivity index (χ0v) is 22.5. The molecule has 0 spiro atoms. The van der Waals surface area contributed by atoms with Gasteiger partial charge in [0.1, 0.15) is 10.8 Å². The summed E-state index contributed by atoms with van der Waals surface area (Å²) in [6.07, 6.45) is 0.973. The molecule has 0 aliphatic carbocycles. The van der Waals surface area contributed by atoms with E-state index in [9.17, 15) is 26.4 Å². The fourth-order valence-electron chi connectivity index (χ4n) is 3.89. The minimum atomic E-state index is -3.96. The number of primary sulfonamides is 1. The van der Waals surface area contributed by atoms with Gasteiger partial charge in [-0.25, -0.2) is 22.0 Å². The van der Waals surface area contributed by atoms with Gasteiger partial charge in [0.2, 0.25) is 10.0 Å². The summed E-state index contributed by atoms with van der Waals surface area (Å²) in [6.45, 7) is 1.91. The van der Waals surface area contributed by atoms with Crippen LogP contribution in [0.25, 0.3) is 10.2 Å². The second kappa shape index (κ2) is 10.5. The predicted octanol–water partition coefficient (Wildman–Crippen LogP) is 1.50. The quantitative estimate of drug-likeness (QED) is 0.420. The lowest BCUT2D eigenvalue weighted by Crippen LogP contribution is -2.42. The lowest BCUT2D eigenvalue weighted by molar-refractivity contribution is -0.143. The molecule has 4 rings (SSSR count). The number of amides is 1.